The number of hydrogen-bond acceptors (Lipinski definition) is 8. The lowest BCUT2D eigenvalue weighted by molar-refractivity contribution is 0.0516. The summed E-state index contributed by atoms with van der Waals surface area (Å²) in [5.74, 6) is 0.430. The number of ether oxygens (including phenoxy) is 1. The van der Waals surface area contributed by atoms with Gasteiger partial charge in [-0.25, -0.2) is 4.98 Å². The van der Waals surface area contributed by atoms with Gasteiger partial charge in [-0.3, -0.25) is 19.3 Å². The van der Waals surface area contributed by atoms with E-state index in [9.17, 15) is 19.5 Å². The molecule has 0 aliphatic carbocycles. The SMILES string of the molecule is Cc1ccc(OC[C@H](O)CNc2cc[nH]c(=O)c2-c2nc3c(C)c4c(cc3[nH]2)C(=O)N(C2CCN(C)CC2)C4=O)c(C)c1. The molecule has 224 valence electrons. The average Bonchev–Trinajstić information content (AvgIpc) is 3.50. The van der Waals surface area contributed by atoms with Crippen molar-refractivity contribution in [3.63, 3.8) is 0 Å². The van der Waals surface area contributed by atoms with Crippen LogP contribution in [0.25, 0.3) is 22.4 Å². The molecule has 0 unspecified atom stereocenters. The van der Waals surface area contributed by atoms with Crippen LogP contribution in [0.5, 0.6) is 5.75 Å². The Hall–Kier alpha value is -4.48. The van der Waals surface area contributed by atoms with Gasteiger partial charge in [0, 0.05) is 18.8 Å². The van der Waals surface area contributed by atoms with Crippen LogP contribution in [0.2, 0.25) is 0 Å². The molecule has 2 aromatic carbocycles. The van der Waals surface area contributed by atoms with Crippen molar-refractivity contribution in [3.05, 3.63) is 74.7 Å². The van der Waals surface area contributed by atoms with Crippen molar-refractivity contribution in [1.29, 1.82) is 0 Å². The van der Waals surface area contributed by atoms with Crippen LogP contribution < -0.4 is 15.6 Å². The number of benzene rings is 2. The Morgan fingerprint density at radius 1 is 1.07 bits per heavy atom. The Morgan fingerprint density at radius 3 is 2.58 bits per heavy atom. The number of likely N-dealkylation sites (tertiary alicyclic amines) is 1. The molecular weight excluding hydrogens is 548 g/mol. The summed E-state index contributed by atoms with van der Waals surface area (Å²) in [7, 11) is 2.04. The van der Waals surface area contributed by atoms with E-state index in [-0.39, 0.29) is 42.1 Å². The van der Waals surface area contributed by atoms with Gasteiger partial charge >= 0.3 is 0 Å². The van der Waals surface area contributed by atoms with Gasteiger partial charge < -0.3 is 30.0 Å². The summed E-state index contributed by atoms with van der Waals surface area (Å²) in [6.07, 6.45) is 2.17. The van der Waals surface area contributed by atoms with Crippen molar-refractivity contribution in [3.8, 4) is 17.1 Å². The number of imidazole rings is 1. The van der Waals surface area contributed by atoms with Crippen LogP contribution in [0.15, 0.2) is 41.3 Å². The summed E-state index contributed by atoms with van der Waals surface area (Å²) in [6, 6.07) is 9.10. The third-order valence-corrected chi connectivity index (χ3v) is 8.44. The number of aromatic nitrogens is 3. The molecular formula is C32H36N6O5. The van der Waals surface area contributed by atoms with Gasteiger partial charge in [0.1, 0.15) is 29.8 Å². The number of aromatic amines is 2. The van der Waals surface area contributed by atoms with Crippen LogP contribution in [-0.4, -0.2) is 87.1 Å². The van der Waals surface area contributed by atoms with Crippen LogP contribution >= 0.6 is 0 Å². The number of H-pyrrole nitrogens is 2. The largest absolute Gasteiger partial charge is 0.491 e. The third-order valence-electron chi connectivity index (χ3n) is 8.44. The van der Waals surface area contributed by atoms with Crippen LogP contribution in [0, 0.1) is 20.8 Å². The van der Waals surface area contributed by atoms with Crippen molar-refractivity contribution in [2.24, 2.45) is 0 Å². The molecule has 1 atom stereocenters. The highest BCUT2D eigenvalue weighted by molar-refractivity contribution is 6.24. The second-order valence-corrected chi connectivity index (χ2v) is 11.6. The first-order chi connectivity index (χ1) is 20.6. The molecule has 1 fully saturated rings. The third kappa shape index (κ3) is 5.30. The number of carbonyl (C=O) groups excluding carboxylic acids is 2. The highest BCUT2D eigenvalue weighted by Crippen LogP contribution is 2.35. The van der Waals surface area contributed by atoms with E-state index in [0.29, 0.717) is 45.0 Å². The van der Waals surface area contributed by atoms with Crippen molar-refractivity contribution in [2.45, 2.75) is 45.8 Å². The van der Waals surface area contributed by atoms with Crippen molar-refractivity contribution in [2.75, 3.05) is 38.6 Å². The monoisotopic (exact) mass is 584 g/mol. The number of anilines is 1. The van der Waals surface area contributed by atoms with E-state index in [1.54, 1.807) is 19.1 Å². The number of fused-ring (bicyclic) bond motifs is 2. The number of rotatable bonds is 8. The lowest BCUT2D eigenvalue weighted by Gasteiger charge is -2.33. The van der Waals surface area contributed by atoms with E-state index in [4.69, 9.17) is 9.72 Å². The summed E-state index contributed by atoms with van der Waals surface area (Å²) in [5, 5.41) is 13.8. The fraction of sp³-hybridized carbons (Fsp3) is 0.375. The van der Waals surface area contributed by atoms with E-state index >= 15 is 0 Å². The maximum absolute atomic E-state index is 13.5. The Kier molecular flexibility index (Phi) is 7.53. The molecule has 6 rings (SSSR count). The van der Waals surface area contributed by atoms with Gasteiger partial charge in [-0.1, -0.05) is 17.7 Å². The summed E-state index contributed by atoms with van der Waals surface area (Å²) < 4.78 is 5.80. The number of pyridine rings is 1. The standard InChI is InChI=1S/C32H36N6O5/c1-17-5-6-25(18(2)13-17)43-16-21(39)15-34-23-7-10-33-30(40)27(23)29-35-24-14-22-26(19(3)28(24)36-29)32(42)38(31(22)41)20-8-11-37(4)12-9-20/h5-7,10,13-14,20-21,39H,8-9,11-12,15-16H2,1-4H3,(H,35,36)(H2,33,34,40)/t21-/m1/s1. The normalized spacial score (nSPS) is 16.6. The first kappa shape index (κ1) is 28.6. The van der Waals surface area contributed by atoms with Gasteiger partial charge in [0.05, 0.1) is 27.8 Å². The molecule has 0 radical (unpaired) electrons. The van der Waals surface area contributed by atoms with Crippen LogP contribution in [0.1, 0.15) is 50.2 Å². The number of carbonyl (C=O) groups is 2. The number of piperidine rings is 1. The predicted octanol–water partition coefficient (Wildman–Crippen LogP) is 3.39. The van der Waals surface area contributed by atoms with E-state index in [0.717, 1.165) is 37.1 Å². The molecule has 4 heterocycles. The number of aryl methyl sites for hydroxylation is 3. The Morgan fingerprint density at radius 2 is 1.84 bits per heavy atom. The molecule has 43 heavy (non-hydrogen) atoms. The predicted molar refractivity (Wildman–Crippen MR) is 164 cm³/mol. The lowest BCUT2D eigenvalue weighted by Crippen LogP contribution is -2.46. The molecule has 4 N–H and O–H groups in total. The van der Waals surface area contributed by atoms with Gasteiger partial charge in [0.2, 0.25) is 0 Å². The maximum Gasteiger partial charge on any atom is 0.262 e. The zero-order chi connectivity index (χ0) is 30.4. The number of nitrogens with zero attached hydrogens (tertiary/aromatic N) is 3. The van der Waals surface area contributed by atoms with E-state index in [1.807, 2.05) is 39.1 Å². The van der Waals surface area contributed by atoms with Gasteiger partial charge in [-0.2, -0.15) is 0 Å². The molecule has 2 aliphatic rings. The first-order valence-corrected chi connectivity index (χ1v) is 14.6. The summed E-state index contributed by atoms with van der Waals surface area (Å²) >= 11 is 0. The second-order valence-electron chi connectivity index (χ2n) is 11.6. The minimum absolute atomic E-state index is 0.0709. The maximum atomic E-state index is 13.5. The van der Waals surface area contributed by atoms with Crippen molar-refractivity contribution >= 4 is 28.5 Å². The molecule has 1 saturated heterocycles. The quantitative estimate of drug-likeness (QED) is 0.231. The molecule has 4 aromatic rings. The van der Waals surface area contributed by atoms with Gasteiger partial charge in [0.15, 0.2) is 0 Å². The topological polar surface area (TPSA) is 144 Å². The molecule has 0 saturated carbocycles. The van der Waals surface area contributed by atoms with E-state index in [2.05, 4.69) is 20.2 Å². The Bertz CT molecular complexity index is 1790. The summed E-state index contributed by atoms with van der Waals surface area (Å²) in [6.45, 7) is 7.62. The minimum atomic E-state index is -0.849. The summed E-state index contributed by atoms with van der Waals surface area (Å²) in [5.41, 5.74) is 4.89. The number of hydrogen-bond donors (Lipinski definition) is 4. The molecule has 0 spiro atoms. The number of imide groups is 1. The fourth-order valence-corrected chi connectivity index (χ4v) is 6.10. The minimum Gasteiger partial charge on any atom is -0.491 e. The molecule has 2 amide bonds. The molecule has 11 heteroatoms. The molecule has 0 bridgehead atoms. The number of aliphatic hydroxyl groups is 1. The average molecular weight is 585 g/mol. The molecule has 11 nitrogen and oxygen atoms in total. The van der Waals surface area contributed by atoms with Crippen molar-refractivity contribution < 1.29 is 19.4 Å². The van der Waals surface area contributed by atoms with E-state index < -0.39 is 6.10 Å². The zero-order valence-electron chi connectivity index (χ0n) is 24.8. The Balaban J connectivity index is 1.23. The van der Waals surface area contributed by atoms with Crippen LogP contribution in [0.4, 0.5) is 5.69 Å². The Labute approximate surface area is 248 Å². The molecule has 2 aliphatic heterocycles. The van der Waals surface area contributed by atoms with E-state index in [1.165, 1.54) is 11.1 Å². The van der Waals surface area contributed by atoms with Crippen LogP contribution in [-0.2, 0) is 0 Å². The zero-order valence-corrected chi connectivity index (χ0v) is 24.8. The second kappa shape index (κ2) is 11.3. The first-order valence-electron chi connectivity index (χ1n) is 14.6. The highest BCUT2D eigenvalue weighted by atomic mass is 16.5. The van der Waals surface area contributed by atoms with Crippen molar-refractivity contribution in [1.82, 2.24) is 24.8 Å². The smallest absolute Gasteiger partial charge is 0.262 e. The lowest BCUT2D eigenvalue weighted by atomic mass is 10.0. The van der Waals surface area contributed by atoms with Gasteiger partial charge in [0.25, 0.3) is 17.4 Å². The fourth-order valence-electron chi connectivity index (χ4n) is 6.10. The highest BCUT2D eigenvalue weighted by Gasteiger charge is 2.42. The summed E-state index contributed by atoms with van der Waals surface area (Å²) in [4.78, 5) is 54.2. The van der Waals surface area contributed by atoms with Gasteiger partial charge in [-0.05, 0) is 83.1 Å². The van der Waals surface area contributed by atoms with Crippen LogP contribution in [0.3, 0.4) is 0 Å². The van der Waals surface area contributed by atoms with Gasteiger partial charge in [-0.15, -0.1) is 0 Å². The number of amides is 2. The molecule has 2 aromatic heterocycles. The number of aliphatic hydroxyl groups excluding tert-OH is 1. The number of nitrogens with one attached hydrogen (secondary N) is 3.